The minimum atomic E-state index is -0.500. The third-order valence-electron chi connectivity index (χ3n) is 2.34. The normalized spacial score (nSPS) is 25.5. The van der Waals surface area contributed by atoms with Crippen LogP contribution in [0.25, 0.3) is 0 Å². The monoisotopic (exact) mass is 247 g/mol. The summed E-state index contributed by atoms with van der Waals surface area (Å²) >= 11 is 11.9. The van der Waals surface area contributed by atoms with E-state index in [-0.39, 0.29) is 6.04 Å². The first-order valence-corrected chi connectivity index (χ1v) is 5.40. The van der Waals surface area contributed by atoms with Gasteiger partial charge in [-0.3, -0.25) is 0 Å². The molecule has 5 heteroatoms. The number of hydrogen-bond acceptors (Lipinski definition) is 3. The predicted octanol–water partition coefficient (Wildman–Crippen LogP) is 2.17. The first kappa shape index (κ1) is 11.0. The van der Waals surface area contributed by atoms with Gasteiger partial charge in [0.25, 0.3) is 0 Å². The topological polar surface area (TPSA) is 41.5 Å². The third-order valence-corrected chi connectivity index (χ3v) is 3.16. The SMILES string of the molecule is OC1COCC1Nc1cccc(Cl)c1Cl. The number of anilines is 1. The van der Waals surface area contributed by atoms with Crippen molar-refractivity contribution in [3.63, 3.8) is 0 Å². The van der Waals surface area contributed by atoms with Crippen LogP contribution < -0.4 is 5.32 Å². The van der Waals surface area contributed by atoms with Gasteiger partial charge in [-0.1, -0.05) is 29.3 Å². The van der Waals surface area contributed by atoms with Crippen LogP contribution in [-0.4, -0.2) is 30.5 Å². The number of nitrogens with one attached hydrogen (secondary N) is 1. The Morgan fingerprint density at radius 3 is 2.80 bits per heavy atom. The maximum Gasteiger partial charge on any atom is 0.0996 e. The molecule has 1 aliphatic rings. The van der Waals surface area contributed by atoms with Crippen molar-refractivity contribution in [1.82, 2.24) is 0 Å². The van der Waals surface area contributed by atoms with E-state index >= 15 is 0 Å². The minimum Gasteiger partial charge on any atom is -0.388 e. The zero-order chi connectivity index (χ0) is 10.8. The van der Waals surface area contributed by atoms with Gasteiger partial charge in [-0.05, 0) is 12.1 Å². The Hall–Kier alpha value is -0.480. The van der Waals surface area contributed by atoms with E-state index < -0.39 is 6.10 Å². The van der Waals surface area contributed by atoms with Gasteiger partial charge in [0.1, 0.15) is 0 Å². The van der Waals surface area contributed by atoms with Crippen LogP contribution in [0, 0.1) is 0 Å². The van der Waals surface area contributed by atoms with E-state index in [4.69, 9.17) is 27.9 Å². The standard InChI is InChI=1S/C10H11Cl2NO2/c11-6-2-1-3-7(10(6)12)13-8-4-15-5-9(8)14/h1-3,8-9,13-14H,4-5H2. The van der Waals surface area contributed by atoms with E-state index in [0.717, 1.165) is 5.69 Å². The summed E-state index contributed by atoms with van der Waals surface area (Å²) in [6.07, 6.45) is -0.500. The van der Waals surface area contributed by atoms with E-state index in [1.807, 2.05) is 6.07 Å². The lowest BCUT2D eigenvalue weighted by Gasteiger charge is -2.17. The van der Waals surface area contributed by atoms with Crippen LogP contribution in [0.5, 0.6) is 0 Å². The van der Waals surface area contributed by atoms with Gasteiger partial charge in [0.2, 0.25) is 0 Å². The second kappa shape index (κ2) is 4.58. The summed E-state index contributed by atoms with van der Waals surface area (Å²) in [4.78, 5) is 0. The highest BCUT2D eigenvalue weighted by Gasteiger charge is 2.26. The minimum absolute atomic E-state index is 0.124. The van der Waals surface area contributed by atoms with E-state index in [0.29, 0.717) is 23.3 Å². The fraction of sp³-hybridized carbons (Fsp3) is 0.400. The smallest absolute Gasteiger partial charge is 0.0996 e. The Balaban J connectivity index is 2.13. The Morgan fingerprint density at radius 2 is 2.13 bits per heavy atom. The van der Waals surface area contributed by atoms with Crippen molar-refractivity contribution in [2.75, 3.05) is 18.5 Å². The van der Waals surface area contributed by atoms with Crippen LogP contribution in [0.2, 0.25) is 10.0 Å². The second-order valence-electron chi connectivity index (χ2n) is 3.46. The van der Waals surface area contributed by atoms with Gasteiger partial charge in [0, 0.05) is 0 Å². The van der Waals surface area contributed by atoms with E-state index in [1.165, 1.54) is 0 Å². The molecule has 15 heavy (non-hydrogen) atoms. The molecule has 2 atom stereocenters. The van der Waals surface area contributed by atoms with Crippen molar-refractivity contribution in [2.24, 2.45) is 0 Å². The molecular weight excluding hydrogens is 237 g/mol. The Labute approximate surface area is 97.9 Å². The summed E-state index contributed by atoms with van der Waals surface area (Å²) in [7, 11) is 0. The fourth-order valence-electron chi connectivity index (χ4n) is 1.50. The fourth-order valence-corrected chi connectivity index (χ4v) is 1.85. The van der Waals surface area contributed by atoms with Crippen molar-refractivity contribution in [2.45, 2.75) is 12.1 Å². The summed E-state index contributed by atoms with van der Waals surface area (Å²) in [5, 5.41) is 13.6. The molecule has 1 aliphatic heterocycles. The molecule has 1 fully saturated rings. The molecule has 0 aromatic heterocycles. The first-order valence-electron chi connectivity index (χ1n) is 4.65. The van der Waals surface area contributed by atoms with Crippen LogP contribution in [0.1, 0.15) is 0 Å². The molecule has 1 saturated heterocycles. The highest BCUT2D eigenvalue weighted by Crippen LogP contribution is 2.30. The van der Waals surface area contributed by atoms with Crippen molar-refractivity contribution in [1.29, 1.82) is 0 Å². The molecule has 0 saturated carbocycles. The summed E-state index contributed by atoms with van der Waals surface area (Å²) in [5.74, 6) is 0. The van der Waals surface area contributed by atoms with Gasteiger partial charge < -0.3 is 15.2 Å². The van der Waals surface area contributed by atoms with Crippen molar-refractivity contribution < 1.29 is 9.84 Å². The highest BCUT2D eigenvalue weighted by atomic mass is 35.5. The maximum atomic E-state index is 9.55. The molecule has 1 aromatic carbocycles. The number of halogens is 2. The van der Waals surface area contributed by atoms with Gasteiger partial charge in [-0.25, -0.2) is 0 Å². The average Bonchev–Trinajstić information content (AvgIpc) is 2.60. The molecule has 0 aliphatic carbocycles. The van der Waals surface area contributed by atoms with Crippen LogP contribution in [0.4, 0.5) is 5.69 Å². The molecule has 2 rings (SSSR count). The number of aliphatic hydroxyl groups excluding tert-OH is 1. The lowest BCUT2D eigenvalue weighted by molar-refractivity contribution is 0.125. The number of ether oxygens (including phenoxy) is 1. The van der Waals surface area contributed by atoms with Crippen LogP contribution in [0.3, 0.4) is 0 Å². The molecule has 2 unspecified atom stereocenters. The molecule has 2 N–H and O–H groups in total. The third kappa shape index (κ3) is 2.37. The number of aliphatic hydroxyl groups is 1. The zero-order valence-corrected chi connectivity index (χ0v) is 9.42. The van der Waals surface area contributed by atoms with Gasteiger partial charge in [0.15, 0.2) is 0 Å². The summed E-state index contributed by atoms with van der Waals surface area (Å²) in [5.41, 5.74) is 0.721. The second-order valence-corrected chi connectivity index (χ2v) is 4.24. The molecule has 82 valence electrons. The van der Waals surface area contributed by atoms with E-state index in [9.17, 15) is 5.11 Å². The van der Waals surface area contributed by atoms with Crippen molar-refractivity contribution in [3.8, 4) is 0 Å². The summed E-state index contributed by atoms with van der Waals surface area (Å²) < 4.78 is 5.12. The van der Waals surface area contributed by atoms with Gasteiger partial charge >= 0.3 is 0 Å². The van der Waals surface area contributed by atoms with E-state index in [1.54, 1.807) is 12.1 Å². The molecule has 1 aromatic rings. The first-order chi connectivity index (χ1) is 7.18. The quantitative estimate of drug-likeness (QED) is 0.842. The maximum absolute atomic E-state index is 9.55. The van der Waals surface area contributed by atoms with Crippen LogP contribution in [-0.2, 0) is 4.74 Å². The Morgan fingerprint density at radius 1 is 1.33 bits per heavy atom. The number of rotatable bonds is 2. The van der Waals surface area contributed by atoms with E-state index in [2.05, 4.69) is 5.32 Å². The van der Waals surface area contributed by atoms with Crippen molar-refractivity contribution >= 4 is 28.9 Å². The summed E-state index contributed by atoms with van der Waals surface area (Å²) in [6.45, 7) is 0.833. The number of hydrogen-bond donors (Lipinski definition) is 2. The molecule has 0 spiro atoms. The van der Waals surface area contributed by atoms with Gasteiger partial charge in [0.05, 0.1) is 41.1 Å². The van der Waals surface area contributed by atoms with Crippen LogP contribution >= 0.6 is 23.2 Å². The lowest BCUT2D eigenvalue weighted by Crippen LogP contribution is -2.31. The average molecular weight is 248 g/mol. The Bertz CT molecular complexity index is 359. The largest absolute Gasteiger partial charge is 0.388 e. The van der Waals surface area contributed by atoms with Gasteiger partial charge in [-0.15, -0.1) is 0 Å². The molecule has 0 bridgehead atoms. The molecule has 1 heterocycles. The molecule has 0 amide bonds. The highest BCUT2D eigenvalue weighted by molar-refractivity contribution is 6.43. The zero-order valence-electron chi connectivity index (χ0n) is 7.91. The summed E-state index contributed by atoms with van der Waals surface area (Å²) in [6, 6.07) is 5.22. The van der Waals surface area contributed by atoms with Crippen molar-refractivity contribution in [3.05, 3.63) is 28.2 Å². The lowest BCUT2D eigenvalue weighted by atomic mass is 10.2. The number of benzene rings is 1. The molecule has 3 nitrogen and oxygen atoms in total. The van der Waals surface area contributed by atoms with Crippen LogP contribution in [0.15, 0.2) is 18.2 Å². The molecular formula is C10H11Cl2NO2. The Kier molecular flexibility index (Phi) is 3.36. The van der Waals surface area contributed by atoms with Gasteiger partial charge in [-0.2, -0.15) is 0 Å². The molecule has 0 radical (unpaired) electrons. The predicted molar refractivity (Wildman–Crippen MR) is 60.7 cm³/mol.